The van der Waals surface area contributed by atoms with Crippen LogP contribution in [0.25, 0.3) is 33.2 Å². The van der Waals surface area contributed by atoms with E-state index in [4.69, 9.17) is 0 Å². The molecule has 5 rings (SSSR count). The summed E-state index contributed by atoms with van der Waals surface area (Å²) in [5.41, 5.74) is 3.01. The Bertz CT molecular complexity index is 1290. The molecule has 1 unspecified atom stereocenters. The van der Waals surface area contributed by atoms with E-state index in [2.05, 4.69) is 20.1 Å². The van der Waals surface area contributed by atoms with Crippen molar-refractivity contribution in [2.24, 2.45) is 0 Å². The lowest BCUT2D eigenvalue weighted by Crippen LogP contribution is -2.28. The van der Waals surface area contributed by atoms with E-state index in [-0.39, 0.29) is 5.56 Å². The number of imidazole rings is 1. The van der Waals surface area contributed by atoms with Crippen LogP contribution in [0, 0.1) is 0 Å². The number of benzene rings is 2. The number of halogens is 3. The van der Waals surface area contributed by atoms with Crippen LogP contribution < -0.4 is 0 Å². The van der Waals surface area contributed by atoms with Gasteiger partial charge in [-0.05, 0) is 29.8 Å². The monoisotopic (exact) mass is 393 g/mol. The molecule has 0 spiro atoms. The number of aromatic amines is 1. The zero-order valence-electron chi connectivity index (χ0n) is 14.9. The summed E-state index contributed by atoms with van der Waals surface area (Å²) >= 11 is 0. The first kappa shape index (κ1) is 17.4. The molecule has 0 amide bonds. The minimum Gasteiger partial charge on any atom is -0.296 e. The van der Waals surface area contributed by atoms with Gasteiger partial charge in [0.15, 0.2) is 6.04 Å². The minimum absolute atomic E-state index is 0.142. The number of alkyl halides is 3. The number of hydrogen-bond acceptors (Lipinski definition) is 3. The Labute approximate surface area is 162 Å². The van der Waals surface area contributed by atoms with Gasteiger partial charge in [-0.3, -0.25) is 14.8 Å². The van der Waals surface area contributed by atoms with Crippen LogP contribution in [0.4, 0.5) is 13.2 Å². The van der Waals surface area contributed by atoms with Crippen LogP contribution in [0.5, 0.6) is 0 Å². The second-order valence-corrected chi connectivity index (χ2v) is 6.68. The smallest absolute Gasteiger partial charge is 0.296 e. The fourth-order valence-electron chi connectivity index (χ4n) is 3.63. The van der Waals surface area contributed by atoms with E-state index in [1.54, 1.807) is 54.9 Å². The fraction of sp³-hybridized carbons (Fsp3) is 0.0952. The normalized spacial score (nSPS) is 13.2. The van der Waals surface area contributed by atoms with Gasteiger partial charge in [-0.25, -0.2) is 9.97 Å². The van der Waals surface area contributed by atoms with Crippen LogP contribution in [0.3, 0.4) is 0 Å². The number of pyridine rings is 1. The van der Waals surface area contributed by atoms with Crippen molar-refractivity contribution < 1.29 is 13.2 Å². The van der Waals surface area contributed by atoms with Crippen LogP contribution in [0.2, 0.25) is 0 Å². The molecule has 5 aromatic rings. The van der Waals surface area contributed by atoms with Crippen molar-refractivity contribution in [3.8, 4) is 11.3 Å². The molecule has 5 nitrogen and oxygen atoms in total. The molecule has 1 N–H and O–H groups in total. The largest absolute Gasteiger partial charge is 0.414 e. The lowest BCUT2D eigenvalue weighted by atomic mass is 10.1. The van der Waals surface area contributed by atoms with Gasteiger partial charge in [0, 0.05) is 23.3 Å². The molecule has 0 radical (unpaired) electrons. The number of rotatable bonds is 3. The highest BCUT2D eigenvalue weighted by Gasteiger charge is 2.43. The Morgan fingerprint density at radius 2 is 1.59 bits per heavy atom. The van der Waals surface area contributed by atoms with Gasteiger partial charge in [0.25, 0.3) is 0 Å². The molecule has 0 aliphatic carbocycles. The predicted molar refractivity (Wildman–Crippen MR) is 103 cm³/mol. The first-order valence-electron chi connectivity index (χ1n) is 8.89. The maximum atomic E-state index is 14.2. The van der Waals surface area contributed by atoms with Crippen molar-refractivity contribution in [3.05, 3.63) is 78.9 Å². The molecule has 144 valence electrons. The van der Waals surface area contributed by atoms with E-state index in [9.17, 15) is 13.2 Å². The van der Waals surface area contributed by atoms with Gasteiger partial charge in [-0.1, -0.05) is 30.3 Å². The highest BCUT2D eigenvalue weighted by Crippen LogP contribution is 2.40. The van der Waals surface area contributed by atoms with Crippen LogP contribution in [-0.2, 0) is 0 Å². The third-order valence-corrected chi connectivity index (χ3v) is 4.90. The zero-order valence-corrected chi connectivity index (χ0v) is 14.9. The van der Waals surface area contributed by atoms with Gasteiger partial charge in [-0.15, -0.1) is 0 Å². The van der Waals surface area contributed by atoms with Gasteiger partial charge < -0.3 is 0 Å². The summed E-state index contributed by atoms with van der Waals surface area (Å²) in [4.78, 5) is 12.4. The van der Waals surface area contributed by atoms with E-state index < -0.39 is 12.2 Å². The quantitative estimate of drug-likeness (QED) is 0.463. The Kier molecular flexibility index (Phi) is 3.87. The molecule has 2 aromatic carbocycles. The minimum atomic E-state index is -4.51. The molecule has 29 heavy (non-hydrogen) atoms. The number of aromatic nitrogens is 5. The first-order chi connectivity index (χ1) is 14.0. The molecular weight excluding hydrogens is 379 g/mol. The van der Waals surface area contributed by atoms with Crippen molar-refractivity contribution >= 4 is 21.9 Å². The molecule has 0 aliphatic heterocycles. The summed E-state index contributed by atoms with van der Waals surface area (Å²) in [6.45, 7) is 0. The Balaban J connectivity index is 1.85. The topological polar surface area (TPSA) is 59.4 Å². The molecule has 1 atom stereocenters. The average molecular weight is 393 g/mol. The van der Waals surface area contributed by atoms with Gasteiger partial charge >= 0.3 is 6.18 Å². The van der Waals surface area contributed by atoms with Crippen LogP contribution in [-0.4, -0.2) is 30.9 Å². The third-order valence-electron chi connectivity index (χ3n) is 4.90. The van der Waals surface area contributed by atoms with Crippen LogP contribution >= 0.6 is 0 Å². The SMILES string of the molecule is FC(F)(F)C(c1ccccc1)n1[nH]c(-c2ccncc2)c2cc3ncnc3cc21. The van der Waals surface area contributed by atoms with E-state index in [0.717, 1.165) is 10.2 Å². The molecular formula is C21H14F3N5. The number of nitrogens with zero attached hydrogens (tertiary/aromatic N) is 4. The summed E-state index contributed by atoms with van der Waals surface area (Å²) < 4.78 is 43.8. The Hall–Kier alpha value is -3.68. The fourth-order valence-corrected chi connectivity index (χ4v) is 3.63. The van der Waals surface area contributed by atoms with Crippen molar-refractivity contribution in [2.75, 3.05) is 0 Å². The van der Waals surface area contributed by atoms with Crippen molar-refractivity contribution in [3.63, 3.8) is 0 Å². The maximum Gasteiger partial charge on any atom is 0.414 e. The Morgan fingerprint density at radius 3 is 2.28 bits per heavy atom. The number of H-pyrrole nitrogens is 1. The number of hydrogen-bond donors (Lipinski definition) is 1. The lowest BCUT2D eigenvalue weighted by Gasteiger charge is -2.23. The van der Waals surface area contributed by atoms with Crippen molar-refractivity contribution in [1.82, 2.24) is 24.7 Å². The van der Waals surface area contributed by atoms with Gasteiger partial charge in [-0.2, -0.15) is 13.2 Å². The molecule has 0 fully saturated rings. The highest BCUT2D eigenvalue weighted by atomic mass is 19.4. The first-order valence-corrected chi connectivity index (χ1v) is 8.89. The molecule has 0 aliphatic rings. The zero-order chi connectivity index (χ0) is 20.0. The standard InChI is InChI=1S/C21H14F3N5/c22-21(23,24)20(14-4-2-1-3-5-14)29-18-11-17-16(26-12-27-17)10-15(18)19(28-29)13-6-8-25-9-7-13/h1-12,20,28H. The van der Waals surface area contributed by atoms with Crippen LogP contribution in [0.1, 0.15) is 11.6 Å². The molecule has 0 saturated heterocycles. The van der Waals surface area contributed by atoms with Crippen molar-refractivity contribution in [2.45, 2.75) is 12.2 Å². The van der Waals surface area contributed by atoms with E-state index in [0.29, 0.717) is 27.6 Å². The van der Waals surface area contributed by atoms with Crippen molar-refractivity contribution in [1.29, 1.82) is 0 Å². The van der Waals surface area contributed by atoms with Gasteiger partial charge in [0.2, 0.25) is 0 Å². The highest BCUT2D eigenvalue weighted by molar-refractivity contribution is 6.00. The number of fused-ring (bicyclic) bond motifs is 2. The van der Waals surface area contributed by atoms with Gasteiger partial charge in [0.05, 0.1) is 22.2 Å². The molecule has 0 bridgehead atoms. The average Bonchev–Trinajstić information content (AvgIpc) is 3.31. The lowest BCUT2D eigenvalue weighted by molar-refractivity contribution is -0.158. The maximum absolute atomic E-state index is 14.2. The second-order valence-electron chi connectivity index (χ2n) is 6.68. The predicted octanol–water partition coefficient (Wildman–Crippen LogP) is 5.13. The molecule has 0 saturated carbocycles. The molecule has 3 aromatic heterocycles. The van der Waals surface area contributed by atoms with E-state index >= 15 is 0 Å². The van der Waals surface area contributed by atoms with Crippen LogP contribution in [0.15, 0.2) is 73.3 Å². The summed E-state index contributed by atoms with van der Waals surface area (Å²) in [6, 6.07) is 12.9. The summed E-state index contributed by atoms with van der Waals surface area (Å²) in [5.74, 6) is 0. The van der Waals surface area contributed by atoms with E-state index in [1.165, 1.54) is 18.5 Å². The summed E-state index contributed by atoms with van der Waals surface area (Å²) in [5, 5.41) is 3.62. The summed E-state index contributed by atoms with van der Waals surface area (Å²) in [6.07, 6.45) is 0.103. The van der Waals surface area contributed by atoms with E-state index in [1.807, 2.05) is 0 Å². The number of nitrogens with one attached hydrogen (secondary N) is 1. The second kappa shape index (κ2) is 6.44. The third kappa shape index (κ3) is 2.93. The van der Waals surface area contributed by atoms with Gasteiger partial charge in [0.1, 0.15) is 6.33 Å². The molecule has 3 heterocycles. The molecule has 8 heteroatoms. The summed E-state index contributed by atoms with van der Waals surface area (Å²) in [7, 11) is 0. The Morgan fingerprint density at radius 1 is 0.897 bits per heavy atom.